The molecular formula is C12H23N3O2. The van der Waals surface area contributed by atoms with E-state index in [1.807, 2.05) is 0 Å². The SMILES string of the molecule is CN(C)C(=O)CN1CCC[C@]2(CNCCO2)C1. The average Bonchev–Trinajstić information content (AvgIpc) is 2.30. The molecule has 2 saturated heterocycles. The Kier molecular flexibility index (Phi) is 4.01. The van der Waals surface area contributed by atoms with Gasteiger partial charge in [-0.2, -0.15) is 0 Å². The first-order valence-corrected chi connectivity index (χ1v) is 6.38. The van der Waals surface area contributed by atoms with Crippen LogP contribution in [0.2, 0.25) is 0 Å². The van der Waals surface area contributed by atoms with E-state index in [0.717, 1.165) is 45.6 Å². The standard InChI is InChI=1S/C12H23N3O2/c1-14(2)11(16)8-15-6-3-4-12(10-15)9-13-5-7-17-12/h13H,3-10H2,1-2H3/t12-/m0/s1. The summed E-state index contributed by atoms with van der Waals surface area (Å²) in [5.41, 5.74) is -0.0525. The summed E-state index contributed by atoms with van der Waals surface area (Å²) < 4.78 is 5.95. The van der Waals surface area contributed by atoms with Crippen LogP contribution >= 0.6 is 0 Å². The molecule has 2 aliphatic heterocycles. The van der Waals surface area contributed by atoms with E-state index in [1.165, 1.54) is 0 Å². The van der Waals surface area contributed by atoms with E-state index in [0.29, 0.717) is 6.54 Å². The summed E-state index contributed by atoms with van der Waals surface area (Å²) in [4.78, 5) is 15.6. The molecule has 0 radical (unpaired) electrons. The van der Waals surface area contributed by atoms with Gasteiger partial charge in [-0.3, -0.25) is 9.69 Å². The molecule has 0 bridgehead atoms. The highest BCUT2D eigenvalue weighted by Crippen LogP contribution is 2.26. The Balaban J connectivity index is 1.90. The van der Waals surface area contributed by atoms with Gasteiger partial charge in [0.25, 0.3) is 0 Å². The van der Waals surface area contributed by atoms with Gasteiger partial charge in [0, 0.05) is 33.7 Å². The molecule has 5 nitrogen and oxygen atoms in total. The molecule has 0 saturated carbocycles. The fourth-order valence-electron chi connectivity index (χ4n) is 2.63. The Labute approximate surface area is 103 Å². The van der Waals surface area contributed by atoms with Crippen LogP contribution < -0.4 is 5.32 Å². The molecule has 1 spiro atoms. The Morgan fingerprint density at radius 3 is 3.00 bits per heavy atom. The van der Waals surface area contributed by atoms with Crippen molar-refractivity contribution in [1.82, 2.24) is 15.1 Å². The third-order valence-corrected chi connectivity index (χ3v) is 3.61. The van der Waals surface area contributed by atoms with Gasteiger partial charge in [-0.15, -0.1) is 0 Å². The lowest BCUT2D eigenvalue weighted by atomic mass is 9.91. The molecule has 1 N–H and O–H groups in total. The number of carbonyl (C=O) groups is 1. The number of likely N-dealkylation sites (N-methyl/N-ethyl adjacent to an activating group) is 1. The zero-order chi connectivity index (χ0) is 12.3. The van der Waals surface area contributed by atoms with Crippen molar-refractivity contribution in [1.29, 1.82) is 0 Å². The van der Waals surface area contributed by atoms with Gasteiger partial charge in [0.1, 0.15) is 0 Å². The minimum atomic E-state index is -0.0525. The molecule has 2 heterocycles. The second kappa shape index (κ2) is 5.33. The minimum Gasteiger partial charge on any atom is -0.371 e. The topological polar surface area (TPSA) is 44.8 Å². The maximum absolute atomic E-state index is 11.7. The minimum absolute atomic E-state index is 0.0525. The van der Waals surface area contributed by atoms with Gasteiger partial charge >= 0.3 is 0 Å². The predicted octanol–water partition coefficient (Wildman–Crippen LogP) is -0.471. The van der Waals surface area contributed by atoms with Crippen molar-refractivity contribution in [3.63, 3.8) is 0 Å². The summed E-state index contributed by atoms with van der Waals surface area (Å²) >= 11 is 0. The van der Waals surface area contributed by atoms with Gasteiger partial charge in [-0.1, -0.05) is 0 Å². The Morgan fingerprint density at radius 1 is 1.53 bits per heavy atom. The maximum Gasteiger partial charge on any atom is 0.236 e. The molecule has 5 heteroatoms. The van der Waals surface area contributed by atoms with Crippen LogP contribution in [0, 0.1) is 0 Å². The molecule has 0 aromatic heterocycles. The number of morpholine rings is 1. The van der Waals surface area contributed by atoms with E-state index in [-0.39, 0.29) is 11.5 Å². The first-order valence-electron chi connectivity index (χ1n) is 6.38. The van der Waals surface area contributed by atoms with Gasteiger partial charge in [-0.05, 0) is 19.4 Å². The molecular weight excluding hydrogens is 218 g/mol. The second-order valence-electron chi connectivity index (χ2n) is 5.31. The predicted molar refractivity (Wildman–Crippen MR) is 65.9 cm³/mol. The molecule has 1 atom stereocenters. The zero-order valence-electron chi connectivity index (χ0n) is 10.9. The highest BCUT2D eigenvalue weighted by molar-refractivity contribution is 5.77. The van der Waals surface area contributed by atoms with Crippen molar-refractivity contribution in [3.8, 4) is 0 Å². The summed E-state index contributed by atoms with van der Waals surface area (Å²) in [5, 5.41) is 3.39. The molecule has 0 unspecified atom stereocenters. The molecule has 98 valence electrons. The van der Waals surface area contributed by atoms with Crippen molar-refractivity contribution in [3.05, 3.63) is 0 Å². The van der Waals surface area contributed by atoms with Crippen LogP contribution in [0.15, 0.2) is 0 Å². The van der Waals surface area contributed by atoms with E-state index in [9.17, 15) is 4.79 Å². The number of hydrogen-bond donors (Lipinski definition) is 1. The van der Waals surface area contributed by atoms with Crippen LogP contribution in [0.5, 0.6) is 0 Å². The van der Waals surface area contributed by atoms with Crippen LogP contribution in [0.25, 0.3) is 0 Å². The van der Waals surface area contributed by atoms with E-state index >= 15 is 0 Å². The summed E-state index contributed by atoms with van der Waals surface area (Å²) in [6, 6.07) is 0. The number of hydrogen-bond acceptors (Lipinski definition) is 4. The quantitative estimate of drug-likeness (QED) is 0.710. The van der Waals surface area contributed by atoms with Gasteiger partial charge in [0.05, 0.1) is 18.8 Å². The fourth-order valence-corrected chi connectivity index (χ4v) is 2.63. The largest absolute Gasteiger partial charge is 0.371 e. The zero-order valence-corrected chi connectivity index (χ0v) is 10.9. The summed E-state index contributed by atoms with van der Waals surface area (Å²) in [6.07, 6.45) is 2.22. The smallest absolute Gasteiger partial charge is 0.236 e. The van der Waals surface area contributed by atoms with Crippen molar-refractivity contribution in [2.45, 2.75) is 18.4 Å². The van der Waals surface area contributed by atoms with Gasteiger partial charge < -0.3 is 15.0 Å². The van der Waals surface area contributed by atoms with Crippen molar-refractivity contribution in [2.24, 2.45) is 0 Å². The molecule has 2 aliphatic rings. The Bertz CT molecular complexity index is 269. The van der Waals surface area contributed by atoms with Crippen LogP contribution in [-0.2, 0) is 9.53 Å². The maximum atomic E-state index is 11.7. The number of carbonyl (C=O) groups excluding carboxylic acids is 1. The van der Waals surface area contributed by atoms with Crippen molar-refractivity contribution in [2.75, 3.05) is 53.4 Å². The number of nitrogens with one attached hydrogen (secondary N) is 1. The van der Waals surface area contributed by atoms with Gasteiger partial charge in [0.15, 0.2) is 0 Å². The molecule has 2 rings (SSSR count). The summed E-state index contributed by atoms with van der Waals surface area (Å²) in [6.45, 7) is 5.04. The van der Waals surface area contributed by atoms with E-state index in [4.69, 9.17) is 4.74 Å². The van der Waals surface area contributed by atoms with Gasteiger partial charge in [-0.25, -0.2) is 0 Å². The van der Waals surface area contributed by atoms with Gasteiger partial charge in [0.2, 0.25) is 5.91 Å². The normalized spacial score (nSPS) is 30.5. The third-order valence-electron chi connectivity index (χ3n) is 3.61. The van der Waals surface area contributed by atoms with Crippen molar-refractivity contribution >= 4 is 5.91 Å². The summed E-state index contributed by atoms with van der Waals surface area (Å²) in [5.74, 6) is 0.172. The van der Waals surface area contributed by atoms with Crippen LogP contribution in [0.4, 0.5) is 0 Å². The summed E-state index contributed by atoms with van der Waals surface area (Å²) in [7, 11) is 3.61. The number of nitrogens with zero attached hydrogens (tertiary/aromatic N) is 2. The Morgan fingerprint density at radius 2 is 2.35 bits per heavy atom. The lowest BCUT2D eigenvalue weighted by molar-refractivity contribution is -0.135. The van der Waals surface area contributed by atoms with Crippen LogP contribution in [0.1, 0.15) is 12.8 Å². The second-order valence-corrected chi connectivity index (χ2v) is 5.31. The molecule has 0 aromatic rings. The van der Waals surface area contributed by atoms with E-state index < -0.39 is 0 Å². The number of likely N-dealkylation sites (tertiary alicyclic amines) is 1. The lowest BCUT2D eigenvalue weighted by Gasteiger charge is -2.45. The lowest BCUT2D eigenvalue weighted by Crippen LogP contribution is -2.59. The van der Waals surface area contributed by atoms with Crippen LogP contribution in [0.3, 0.4) is 0 Å². The van der Waals surface area contributed by atoms with Crippen LogP contribution in [-0.4, -0.2) is 74.7 Å². The van der Waals surface area contributed by atoms with E-state index in [2.05, 4.69) is 10.2 Å². The van der Waals surface area contributed by atoms with E-state index in [1.54, 1.807) is 19.0 Å². The average molecular weight is 241 g/mol. The number of rotatable bonds is 2. The number of amides is 1. The fraction of sp³-hybridized carbons (Fsp3) is 0.917. The molecule has 0 aliphatic carbocycles. The highest BCUT2D eigenvalue weighted by atomic mass is 16.5. The Hall–Kier alpha value is -0.650. The highest BCUT2D eigenvalue weighted by Gasteiger charge is 2.38. The monoisotopic (exact) mass is 241 g/mol. The first-order chi connectivity index (χ1) is 8.11. The molecule has 0 aromatic carbocycles. The molecule has 2 fully saturated rings. The first kappa shape index (κ1) is 12.8. The molecule has 1 amide bonds. The number of ether oxygens (including phenoxy) is 1. The number of piperidine rings is 1. The molecule has 17 heavy (non-hydrogen) atoms. The van der Waals surface area contributed by atoms with Crippen molar-refractivity contribution < 1.29 is 9.53 Å². The third kappa shape index (κ3) is 3.18.